The molecular formula is C26H20N6. The van der Waals surface area contributed by atoms with Crippen LogP contribution in [0.1, 0.15) is 23.2 Å². The molecule has 0 saturated carbocycles. The first kappa shape index (κ1) is 18.4. The molecule has 2 aromatic heterocycles. The molecule has 4 aromatic carbocycles. The third-order valence-corrected chi connectivity index (χ3v) is 5.86. The van der Waals surface area contributed by atoms with Crippen molar-refractivity contribution in [3.05, 3.63) is 120 Å². The van der Waals surface area contributed by atoms with Crippen LogP contribution in [0.25, 0.3) is 22.1 Å². The van der Waals surface area contributed by atoms with Crippen molar-refractivity contribution in [2.24, 2.45) is 0 Å². The van der Waals surface area contributed by atoms with E-state index in [9.17, 15) is 0 Å². The van der Waals surface area contributed by atoms with Gasteiger partial charge in [0, 0.05) is 0 Å². The first-order valence-electron chi connectivity index (χ1n) is 10.6. The van der Waals surface area contributed by atoms with Crippen LogP contribution >= 0.6 is 0 Å². The number of benzene rings is 4. The number of hydrogen-bond donors (Lipinski definition) is 0. The molecule has 0 spiro atoms. The van der Waals surface area contributed by atoms with Crippen LogP contribution in [-0.2, 0) is 0 Å². The van der Waals surface area contributed by atoms with Gasteiger partial charge < -0.3 is 0 Å². The molecule has 154 valence electrons. The molecular weight excluding hydrogens is 396 g/mol. The van der Waals surface area contributed by atoms with Crippen LogP contribution in [0.15, 0.2) is 109 Å². The Hall–Kier alpha value is -4.32. The maximum atomic E-state index is 4.61. The van der Waals surface area contributed by atoms with Gasteiger partial charge in [-0.05, 0) is 35.4 Å². The Morgan fingerprint density at radius 2 is 0.812 bits per heavy atom. The molecule has 2 unspecified atom stereocenters. The Kier molecular flexibility index (Phi) is 4.46. The van der Waals surface area contributed by atoms with Crippen molar-refractivity contribution in [3.63, 3.8) is 0 Å². The zero-order valence-electron chi connectivity index (χ0n) is 17.2. The average molecular weight is 416 g/mol. The van der Waals surface area contributed by atoms with E-state index in [4.69, 9.17) is 0 Å². The number of nitrogens with zero attached hydrogens (tertiary/aromatic N) is 6. The van der Waals surface area contributed by atoms with Crippen molar-refractivity contribution < 1.29 is 0 Å². The monoisotopic (exact) mass is 416 g/mol. The lowest BCUT2D eigenvalue weighted by molar-refractivity contribution is 0.371. The predicted octanol–water partition coefficient (Wildman–Crippen LogP) is 5.06. The summed E-state index contributed by atoms with van der Waals surface area (Å²) in [4.78, 5) is 0. The molecule has 6 rings (SSSR count). The Balaban J connectivity index is 1.66. The van der Waals surface area contributed by atoms with Crippen LogP contribution in [0.4, 0.5) is 0 Å². The molecule has 6 nitrogen and oxygen atoms in total. The van der Waals surface area contributed by atoms with E-state index in [-0.39, 0.29) is 12.1 Å². The molecule has 32 heavy (non-hydrogen) atoms. The Morgan fingerprint density at radius 1 is 0.438 bits per heavy atom. The van der Waals surface area contributed by atoms with Gasteiger partial charge in [0.1, 0.15) is 23.1 Å². The molecule has 0 fully saturated rings. The first-order chi connectivity index (χ1) is 15.9. The lowest BCUT2D eigenvalue weighted by atomic mass is 9.93. The normalized spacial score (nSPS) is 13.4. The molecule has 6 aromatic rings. The summed E-state index contributed by atoms with van der Waals surface area (Å²) in [7, 11) is 0. The second-order valence-electron chi connectivity index (χ2n) is 7.76. The maximum Gasteiger partial charge on any atom is 0.113 e. The average Bonchev–Trinajstić information content (AvgIpc) is 3.48. The van der Waals surface area contributed by atoms with Gasteiger partial charge in [-0.25, -0.2) is 9.36 Å². The summed E-state index contributed by atoms with van der Waals surface area (Å²) >= 11 is 0. The van der Waals surface area contributed by atoms with Gasteiger partial charge in [-0.3, -0.25) is 0 Å². The predicted molar refractivity (Wildman–Crippen MR) is 124 cm³/mol. The van der Waals surface area contributed by atoms with Crippen molar-refractivity contribution in [1.82, 2.24) is 30.0 Å². The van der Waals surface area contributed by atoms with E-state index in [0.29, 0.717) is 0 Å². The molecule has 2 heterocycles. The fourth-order valence-corrected chi connectivity index (χ4v) is 4.40. The van der Waals surface area contributed by atoms with Crippen molar-refractivity contribution in [1.29, 1.82) is 0 Å². The topological polar surface area (TPSA) is 61.4 Å². The third kappa shape index (κ3) is 3.04. The second-order valence-corrected chi connectivity index (χ2v) is 7.76. The molecule has 0 aliphatic carbocycles. The van der Waals surface area contributed by atoms with Gasteiger partial charge in [-0.2, -0.15) is 0 Å². The van der Waals surface area contributed by atoms with Crippen LogP contribution in [0.3, 0.4) is 0 Å². The molecule has 0 saturated heterocycles. The maximum absolute atomic E-state index is 4.61. The van der Waals surface area contributed by atoms with Crippen LogP contribution in [0.2, 0.25) is 0 Å². The SMILES string of the molecule is c1ccc(C(C(c2ccccc2)n2nnc3ccccc32)n2nnc3ccccc32)cc1. The summed E-state index contributed by atoms with van der Waals surface area (Å²) in [6.07, 6.45) is 0. The Bertz CT molecular complexity index is 1370. The van der Waals surface area contributed by atoms with Gasteiger partial charge in [0.05, 0.1) is 11.0 Å². The fourth-order valence-electron chi connectivity index (χ4n) is 4.40. The zero-order chi connectivity index (χ0) is 21.3. The van der Waals surface area contributed by atoms with Gasteiger partial charge >= 0.3 is 0 Å². The number of fused-ring (bicyclic) bond motifs is 2. The van der Waals surface area contributed by atoms with Crippen LogP contribution in [0, 0.1) is 0 Å². The smallest absolute Gasteiger partial charge is 0.113 e. The largest absolute Gasteiger partial charge is 0.235 e. The summed E-state index contributed by atoms with van der Waals surface area (Å²) < 4.78 is 4.03. The molecule has 0 N–H and O–H groups in total. The van der Waals surface area contributed by atoms with E-state index in [1.54, 1.807) is 0 Å². The first-order valence-corrected chi connectivity index (χ1v) is 10.6. The Labute approximate surface area is 184 Å². The highest BCUT2D eigenvalue weighted by Gasteiger charge is 2.32. The zero-order valence-corrected chi connectivity index (χ0v) is 17.2. The highest BCUT2D eigenvalue weighted by atomic mass is 15.5. The van der Waals surface area contributed by atoms with Gasteiger partial charge in [0.25, 0.3) is 0 Å². The van der Waals surface area contributed by atoms with Crippen molar-refractivity contribution in [3.8, 4) is 0 Å². The van der Waals surface area contributed by atoms with Gasteiger partial charge in [0.2, 0.25) is 0 Å². The summed E-state index contributed by atoms with van der Waals surface area (Å²) in [6.45, 7) is 0. The summed E-state index contributed by atoms with van der Waals surface area (Å²) in [5.74, 6) is 0. The molecule has 0 bridgehead atoms. The quantitative estimate of drug-likeness (QED) is 0.394. The minimum absolute atomic E-state index is 0.184. The van der Waals surface area contributed by atoms with E-state index in [2.05, 4.69) is 81.3 Å². The van der Waals surface area contributed by atoms with Crippen molar-refractivity contribution in [2.75, 3.05) is 0 Å². The van der Waals surface area contributed by atoms with Gasteiger partial charge in [0.15, 0.2) is 0 Å². The fraction of sp³-hybridized carbons (Fsp3) is 0.0769. The minimum atomic E-state index is -0.184. The lowest BCUT2D eigenvalue weighted by Gasteiger charge is -2.29. The number of para-hydroxylation sites is 2. The van der Waals surface area contributed by atoms with E-state index in [1.165, 1.54) is 0 Å². The molecule has 0 amide bonds. The van der Waals surface area contributed by atoms with E-state index < -0.39 is 0 Å². The molecule has 6 heteroatoms. The number of aromatic nitrogens is 6. The summed E-state index contributed by atoms with van der Waals surface area (Å²) in [5.41, 5.74) is 5.93. The van der Waals surface area contributed by atoms with E-state index in [1.807, 2.05) is 57.9 Å². The van der Waals surface area contributed by atoms with Gasteiger partial charge in [-0.15, -0.1) is 10.2 Å². The number of rotatable bonds is 5. The van der Waals surface area contributed by atoms with Crippen LogP contribution in [0.5, 0.6) is 0 Å². The minimum Gasteiger partial charge on any atom is -0.235 e. The lowest BCUT2D eigenvalue weighted by Crippen LogP contribution is -2.27. The van der Waals surface area contributed by atoms with Gasteiger partial charge in [-0.1, -0.05) is 95.4 Å². The summed E-state index contributed by atoms with van der Waals surface area (Å²) in [6, 6.07) is 36.6. The molecule has 0 radical (unpaired) electrons. The van der Waals surface area contributed by atoms with E-state index >= 15 is 0 Å². The van der Waals surface area contributed by atoms with Crippen molar-refractivity contribution >= 4 is 22.1 Å². The van der Waals surface area contributed by atoms with E-state index in [0.717, 1.165) is 33.2 Å². The van der Waals surface area contributed by atoms with Crippen molar-refractivity contribution in [2.45, 2.75) is 12.1 Å². The molecule has 0 aliphatic heterocycles. The molecule has 2 atom stereocenters. The molecule has 0 aliphatic rings. The standard InChI is InChI=1S/C26H20N6/c1-3-11-19(12-4-1)25(31-23-17-9-7-15-21(23)27-29-31)26(20-13-5-2-6-14-20)32-24-18-10-8-16-22(24)28-30-32/h1-18,25-26H. The van der Waals surface area contributed by atoms with Crippen LogP contribution in [-0.4, -0.2) is 30.0 Å². The highest BCUT2D eigenvalue weighted by molar-refractivity contribution is 5.75. The number of hydrogen-bond acceptors (Lipinski definition) is 4. The van der Waals surface area contributed by atoms with Crippen LogP contribution < -0.4 is 0 Å². The third-order valence-electron chi connectivity index (χ3n) is 5.86. The second kappa shape index (κ2) is 7.74. The Morgan fingerprint density at radius 3 is 1.25 bits per heavy atom. The summed E-state index contributed by atoms with van der Waals surface area (Å²) in [5, 5.41) is 18.1. The highest BCUT2D eigenvalue weighted by Crippen LogP contribution is 2.38.